The van der Waals surface area contributed by atoms with Gasteiger partial charge in [0.05, 0.1) is 6.04 Å². The molecule has 1 atom stereocenters. The van der Waals surface area contributed by atoms with Gasteiger partial charge < -0.3 is 5.32 Å². The van der Waals surface area contributed by atoms with Gasteiger partial charge in [-0.15, -0.1) is 0 Å². The summed E-state index contributed by atoms with van der Waals surface area (Å²) in [4.78, 5) is 15.0. The van der Waals surface area contributed by atoms with Crippen molar-refractivity contribution in [2.45, 2.75) is 64.0 Å². The van der Waals surface area contributed by atoms with E-state index < -0.39 is 0 Å². The van der Waals surface area contributed by atoms with Crippen molar-refractivity contribution in [3.8, 4) is 0 Å². The monoisotopic (exact) mass is 276 g/mol. The second-order valence-electron chi connectivity index (χ2n) is 7.75. The number of likely N-dealkylation sites (N-methyl/N-ethyl adjacent to an activating group) is 1. The van der Waals surface area contributed by atoms with E-state index in [0.29, 0.717) is 11.9 Å². The number of amides is 1. The first-order chi connectivity index (χ1) is 9.74. The molecule has 4 saturated carbocycles. The predicted molar refractivity (Wildman–Crippen MR) is 79.2 cm³/mol. The van der Waals surface area contributed by atoms with Crippen molar-refractivity contribution in [2.24, 2.45) is 23.7 Å². The molecule has 1 heterocycles. The molecule has 20 heavy (non-hydrogen) atoms. The molecule has 3 heteroatoms. The van der Waals surface area contributed by atoms with Gasteiger partial charge in [-0.3, -0.25) is 9.69 Å². The topological polar surface area (TPSA) is 32.3 Å². The highest BCUT2D eigenvalue weighted by molar-refractivity contribution is 5.82. The first-order valence-electron chi connectivity index (χ1n) is 8.79. The van der Waals surface area contributed by atoms with Gasteiger partial charge in [-0.05, 0) is 81.7 Å². The molecule has 0 aromatic rings. The van der Waals surface area contributed by atoms with Gasteiger partial charge in [-0.25, -0.2) is 0 Å². The first-order valence-corrected chi connectivity index (χ1v) is 8.79. The molecule has 1 aliphatic heterocycles. The Labute approximate surface area is 122 Å². The number of carbonyl (C=O) groups is 1. The van der Waals surface area contributed by atoms with Crippen molar-refractivity contribution in [1.29, 1.82) is 0 Å². The number of carbonyl (C=O) groups excluding carboxylic acids is 1. The molecule has 4 aliphatic carbocycles. The molecule has 0 aromatic heterocycles. The molecule has 1 N–H and O–H groups in total. The summed E-state index contributed by atoms with van der Waals surface area (Å²) < 4.78 is 0. The Bertz CT molecular complexity index is 366. The summed E-state index contributed by atoms with van der Waals surface area (Å²) in [6.07, 6.45) is 9.29. The zero-order chi connectivity index (χ0) is 13.7. The van der Waals surface area contributed by atoms with Gasteiger partial charge in [-0.2, -0.15) is 0 Å². The number of likely N-dealkylation sites (tertiary alicyclic amines) is 1. The molecule has 5 aliphatic rings. The van der Waals surface area contributed by atoms with Gasteiger partial charge >= 0.3 is 0 Å². The third kappa shape index (κ3) is 2.09. The minimum Gasteiger partial charge on any atom is -0.351 e. The zero-order valence-corrected chi connectivity index (χ0v) is 12.7. The molecule has 0 radical (unpaired) electrons. The van der Waals surface area contributed by atoms with E-state index >= 15 is 0 Å². The molecule has 0 spiro atoms. The van der Waals surface area contributed by atoms with E-state index in [4.69, 9.17) is 0 Å². The normalized spacial score (nSPS) is 46.9. The fourth-order valence-corrected chi connectivity index (χ4v) is 5.92. The average Bonchev–Trinajstić information content (AvgIpc) is 2.90. The van der Waals surface area contributed by atoms with Crippen LogP contribution in [0.2, 0.25) is 0 Å². The van der Waals surface area contributed by atoms with Crippen molar-refractivity contribution in [3.05, 3.63) is 0 Å². The number of nitrogens with zero attached hydrogens (tertiary/aromatic N) is 1. The molecule has 0 unspecified atom stereocenters. The average molecular weight is 276 g/mol. The van der Waals surface area contributed by atoms with Crippen molar-refractivity contribution >= 4 is 5.91 Å². The van der Waals surface area contributed by atoms with Gasteiger partial charge in [0.2, 0.25) is 5.91 Å². The fraction of sp³-hybridized carbons (Fsp3) is 0.941. The van der Waals surface area contributed by atoms with Crippen LogP contribution in [-0.2, 0) is 4.79 Å². The highest BCUT2D eigenvalue weighted by Gasteiger charge is 2.49. The Morgan fingerprint density at radius 2 is 1.75 bits per heavy atom. The van der Waals surface area contributed by atoms with Crippen LogP contribution in [0.1, 0.15) is 51.9 Å². The quantitative estimate of drug-likeness (QED) is 0.858. The summed E-state index contributed by atoms with van der Waals surface area (Å²) in [5, 5.41) is 3.49. The summed E-state index contributed by atoms with van der Waals surface area (Å²) >= 11 is 0. The van der Waals surface area contributed by atoms with Crippen molar-refractivity contribution in [3.63, 3.8) is 0 Å². The summed E-state index contributed by atoms with van der Waals surface area (Å²) in [6, 6.07) is 0.673. The molecule has 3 nitrogen and oxygen atoms in total. The summed E-state index contributed by atoms with van der Waals surface area (Å²) in [5.74, 6) is 3.91. The second-order valence-corrected chi connectivity index (χ2v) is 7.75. The Morgan fingerprint density at radius 3 is 2.35 bits per heavy atom. The van der Waals surface area contributed by atoms with Crippen molar-refractivity contribution < 1.29 is 4.79 Å². The van der Waals surface area contributed by atoms with Crippen LogP contribution in [0.4, 0.5) is 0 Å². The van der Waals surface area contributed by atoms with Gasteiger partial charge in [0.15, 0.2) is 0 Å². The van der Waals surface area contributed by atoms with Crippen molar-refractivity contribution in [1.82, 2.24) is 10.2 Å². The molecule has 5 fully saturated rings. The lowest BCUT2D eigenvalue weighted by atomic mass is 9.54. The minimum atomic E-state index is 0.164. The lowest BCUT2D eigenvalue weighted by Crippen LogP contribution is -2.58. The van der Waals surface area contributed by atoms with Crippen molar-refractivity contribution in [2.75, 3.05) is 13.1 Å². The Morgan fingerprint density at radius 1 is 1.10 bits per heavy atom. The number of nitrogens with one attached hydrogen (secondary N) is 1. The van der Waals surface area contributed by atoms with Crippen LogP contribution in [0.3, 0.4) is 0 Å². The maximum Gasteiger partial charge on any atom is 0.237 e. The maximum absolute atomic E-state index is 12.7. The fourth-order valence-electron chi connectivity index (χ4n) is 5.92. The number of hydrogen-bond donors (Lipinski definition) is 1. The molecule has 5 rings (SSSR count). The minimum absolute atomic E-state index is 0.164. The van der Waals surface area contributed by atoms with E-state index in [1.54, 1.807) is 0 Å². The largest absolute Gasteiger partial charge is 0.351 e. The standard InChI is InChI=1S/C17H28N2O/c1-2-19-5-3-4-15(19)17(20)18-16-13-7-11-6-12(9-13)10-14(16)8-11/h11-16H,2-10H2,1H3,(H,18,20)/t11?,12?,13?,14?,15-,16?/m0/s1. The van der Waals surface area contributed by atoms with Gasteiger partial charge in [0, 0.05) is 6.04 Å². The SMILES string of the molecule is CCN1CCC[C@H]1C(=O)NC1C2CC3CC(C2)CC1C3. The Balaban J connectivity index is 1.43. The highest BCUT2D eigenvalue weighted by Crippen LogP contribution is 2.53. The van der Waals surface area contributed by atoms with Crippen LogP contribution >= 0.6 is 0 Å². The maximum atomic E-state index is 12.7. The third-order valence-corrected chi connectivity index (χ3v) is 6.61. The van der Waals surface area contributed by atoms with Crippen LogP contribution in [-0.4, -0.2) is 36.0 Å². The highest BCUT2D eigenvalue weighted by atomic mass is 16.2. The summed E-state index contributed by atoms with van der Waals surface area (Å²) in [5.41, 5.74) is 0. The van der Waals surface area contributed by atoms with E-state index in [2.05, 4.69) is 17.1 Å². The molecule has 0 aromatic carbocycles. The van der Waals surface area contributed by atoms with Crippen LogP contribution in [0.5, 0.6) is 0 Å². The second kappa shape index (κ2) is 5.01. The third-order valence-electron chi connectivity index (χ3n) is 6.61. The van der Waals surface area contributed by atoms with Gasteiger partial charge in [0.25, 0.3) is 0 Å². The molecule has 112 valence electrons. The molecule has 1 amide bonds. The number of rotatable bonds is 3. The predicted octanol–water partition coefficient (Wildman–Crippen LogP) is 2.41. The van der Waals surface area contributed by atoms with E-state index in [1.807, 2.05) is 0 Å². The molecular formula is C17H28N2O. The van der Waals surface area contributed by atoms with E-state index in [9.17, 15) is 4.79 Å². The van der Waals surface area contributed by atoms with Crippen LogP contribution in [0.15, 0.2) is 0 Å². The van der Waals surface area contributed by atoms with E-state index in [1.165, 1.54) is 38.5 Å². The Kier molecular flexibility index (Phi) is 3.29. The lowest BCUT2D eigenvalue weighted by Gasteiger charge is -2.54. The van der Waals surface area contributed by atoms with E-state index in [0.717, 1.165) is 43.2 Å². The smallest absolute Gasteiger partial charge is 0.237 e. The number of hydrogen-bond acceptors (Lipinski definition) is 2. The van der Waals surface area contributed by atoms with Gasteiger partial charge in [-0.1, -0.05) is 6.92 Å². The lowest BCUT2D eigenvalue weighted by molar-refractivity contribution is -0.129. The van der Waals surface area contributed by atoms with Crippen LogP contribution in [0, 0.1) is 23.7 Å². The van der Waals surface area contributed by atoms with Crippen LogP contribution < -0.4 is 5.32 Å². The molecule has 1 saturated heterocycles. The summed E-state index contributed by atoms with van der Waals surface area (Å²) in [6.45, 7) is 4.30. The van der Waals surface area contributed by atoms with Gasteiger partial charge in [0.1, 0.15) is 0 Å². The zero-order valence-electron chi connectivity index (χ0n) is 12.7. The molecular weight excluding hydrogens is 248 g/mol. The van der Waals surface area contributed by atoms with Crippen LogP contribution in [0.25, 0.3) is 0 Å². The Hall–Kier alpha value is -0.570. The summed E-state index contributed by atoms with van der Waals surface area (Å²) in [7, 11) is 0. The van der Waals surface area contributed by atoms with E-state index in [-0.39, 0.29) is 6.04 Å². The first kappa shape index (κ1) is 13.1. The molecule has 4 bridgehead atoms.